The highest BCUT2D eigenvalue weighted by Gasteiger charge is 2.30. The SMILES string of the molecule is CCCCC(C)c1nc(-c2ccc3cc(OCc4cccc(C(F)(F)F)c4)ccc3c2)no1. The fraction of sp³-hybridized carbons (Fsp3) is 0.308. The second-order valence-corrected chi connectivity index (χ2v) is 8.21. The normalized spacial score (nSPS) is 12.8. The number of unbranched alkanes of at least 4 members (excludes halogenated alkanes) is 1. The van der Waals surface area contributed by atoms with Crippen molar-refractivity contribution in [3.05, 3.63) is 77.7 Å². The molecule has 172 valence electrons. The van der Waals surface area contributed by atoms with Gasteiger partial charge in [-0.2, -0.15) is 18.2 Å². The quantitative estimate of drug-likeness (QED) is 0.273. The topological polar surface area (TPSA) is 48.2 Å². The standard InChI is InChI=1S/C26H25F3N2O2/c1-3-4-6-17(2)25-30-24(31-33-25)21-10-9-20-15-23(12-11-19(20)14-21)32-16-18-7-5-8-22(13-18)26(27,28)29/h5,7-15,17H,3-4,6,16H2,1-2H3. The van der Waals surface area contributed by atoms with Crippen molar-refractivity contribution in [2.24, 2.45) is 0 Å². The summed E-state index contributed by atoms with van der Waals surface area (Å²) in [6, 6.07) is 16.6. The van der Waals surface area contributed by atoms with E-state index >= 15 is 0 Å². The van der Waals surface area contributed by atoms with Gasteiger partial charge in [-0.15, -0.1) is 0 Å². The van der Waals surface area contributed by atoms with Gasteiger partial charge >= 0.3 is 6.18 Å². The van der Waals surface area contributed by atoms with E-state index in [-0.39, 0.29) is 12.5 Å². The Morgan fingerprint density at radius 1 is 1.00 bits per heavy atom. The van der Waals surface area contributed by atoms with E-state index in [1.54, 1.807) is 12.1 Å². The number of nitrogens with zero attached hydrogens (tertiary/aromatic N) is 2. The Balaban J connectivity index is 1.47. The smallest absolute Gasteiger partial charge is 0.416 e. The average molecular weight is 454 g/mol. The molecule has 0 amide bonds. The Morgan fingerprint density at radius 3 is 2.58 bits per heavy atom. The second kappa shape index (κ2) is 9.65. The minimum Gasteiger partial charge on any atom is -0.489 e. The third-order valence-electron chi connectivity index (χ3n) is 5.58. The van der Waals surface area contributed by atoms with Crippen LogP contribution in [0.3, 0.4) is 0 Å². The molecule has 0 saturated heterocycles. The maximum absolute atomic E-state index is 12.9. The molecular formula is C26H25F3N2O2. The first kappa shape index (κ1) is 22.8. The average Bonchev–Trinajstić information content (AvgIpc) is 3.31. The van der Waals surface area contributed by atoms with Crippen molar-refractivity contribution in [1.29, 1.82) is 0 Å². The van der Waals surface area contributed by atoms with E-state index in [1.807, 2.05) is 30.3 Å². The molecule has 33 heavy (non-hydrogen) atoms. The third kappa shape index (κ3) is 5.53. The number of hydrogen-bond acceptors (Lipinski definition) is 4. The minimum atomic E-state index is -4.37. The lowest BCUT2D eigenvalue weighted by Gasteiger charge is -2.11. The monoisotopic (exact) mass is 454 g/mol. The maximum Gasteiger partial charge on any atom is 0.416 e. The molecule has 0 N–H and O–H groups in total. The van der Waals surface area contributed by atoms with Crippen molar-refractivity contribution in [2.45, 2.75) is 51.8 Å². The molecule has 4 nitrogen and oxygen atoms in total. The summed E-state index contributed by atoms with van der Waals surface area (Å²) >= 11 is 0. The van der Waals surface area contributed by atoms with Crippen molar-refractivity contribution in [3.63, 3.8) is 0 Å². The van der Waals surface area contributed by atoms with Crippen LogP contribution in [0.1, 0.15) is 56.0 Å². The summed E-state index contributed by atoms with van der Waals surface area (Å²) in [5, 5.41) is 6.06. The van der Waals surface area contributed by atoms with Gasteiger partial charge < -0.3 is 9.26 Å². The van der Waals surface area contributed by atoms with Gasteiger partial charge in [0.2, 0.25) is 11.7 Å². The highest BCUT2D eigenvalue weighted by Crippen LogP contribution is 2.31. The first-order valence-electron chi connectivity index (χ1n) is 11.0. The number of fused-ring (bicyclic) bond motifs is 1. The molecule has 4 aromatic rings. The molecule has 0 aliphatic heterocycles. The molecule has 1 aromatic heterocycles. The fourth-order valence-electron chi connectivity index (χ4n) is 3.64. The predicted molar refractivity (Wildman–Crippen MR) is 121 cm³/mol. The van der Waals surface area contributed by atoms with E-state index in [0.29, 0.717) is 23.0 Å². The first-order valence-corrected chi connectivity index (χ1v) is 11.0. The predicted octanol–water partition coefficient (Wildman–Crippen LogP) is 7.78. The van der Waals surface area contributed by atoms with E-state index in [0.717, 1.165) is 47.7 Å². The van der Waals surface area contributed by atoms with E-state index < -0.39 is 11.7 Å². The summed E-state index contributed by atoms with van der Waals surface area (Å²) in [5.74, 6) is 2.01. The van der Waals surface area contributed by atoms with Crippen molar-refractivity contribution in [2.75, 3.05) is 0 Å². The Labute approximate surface area is 190 Å². The molecule has 1 unspecified atom stereocenters. The van der Waals surface area contributed by atoms with Crippen molar-refractivity contribution in [3.8, 4) is 17.1 Å². The zero-order chi connectivity index (χ0) is 23.4. The van der Waals surface area contributed by atoms with Gasteiger partial charge in [-0.25, -0.2) is 0 Å². The Morgan fingerprint density at radius 2 is 1.79 bits per heavy atom. The van der Waals surface area contributed by atoms with Gasteiger partial charge in [-0.1, -0.05) is 62.2 Å². The van der Waals surface area contributed by atoms with Crippen LogP contribution in [0.25, 0.3) is 22.2 Å². The van der Waals surface area contributed by atoms with Crippen LogP contribution < -0.4 is 4.74 Å². The van der Waals surface area contributed by atoms with Crippen LogP contribution >= 0.6 is 0 Å². The molecule has 0 fully saturated rings. The van der Waals surface area contributed by atoms with Crippen molar-refractivity contribution < 1.29 is 22.4 Å². The summed E-state index contributed by atoms with van der Waals surface area (Å²) in [5.41, 5.74) is 0.637. The zero-order valence-electron chi connectivity index (χ0n) is 18.5. The number of rotatable bonds is 8. The van der Waals surface area contributed by atoms with Gasteiger partial charge in [0.05, 0.1) is 5.56 Å². The second-order valence-electron chi connectivity index (χ2n) is 8.21. The molecule has 3 aromatic carbocycles. The Hall–Kier alpha value is -3.35. The van der Waals surface area contributed by atoms with Gasteiger partial charge in [-0.05, 0) is 53.1 Å². The molecule has 0 aliphatic carbocycles. The van der Waals surface area contributed by atoms with Crippen LogP contribution in [0, 0.1) is 0 Å². The van der Waals surface area contributed by atoms with Gasteiger partial charge in [0.15, 0.2) is 0 Å². The van der Waals surface area contributed by atoms with Crippen LogP contribution in [0.2, 0.25) is 0 Å². The Kier molecular flexibility index (Phi) is 6.67. The summed E-state index contributed by atoms with van der Waals surface area (Å²) in [6.07, 6.45) is -1.11. The van der Waals surface area contributed by atoms with E-state index in [4.69, 9.17) is 9.26 Å². The zero-order valence-corrected chi connectivity index (χ0v) is 18.5. The van der Waals surface area contributed by atoms with E-state index in [1.165, 1.54) is 6.07 Å². The highest BCUT2D eigenvalue weighted by atomic mass is 19.4. The number of ether oxygens (including phenoxy) is 1. The van der Waals surface area contributed by atoms with Gasteiger partial charge in [0.25, 0.3) is 0 Å². The van der Waals surface area contributed by atoms with Gasteiger partial charge in [0, 0.05) is 11.5 Å². The molecule has 0 aliphatic rings. The summed E-state index contributed by atoms with van der Waals surface area (Å²) in [4.78, 5) is 4.56. The van der Waals surface area contributed by atoms with Crippen LogP contribution in [0.5, 0.6) is 5.75 Å². The summed E-state index contributed by atoms with van der Waals surface area (Å²) in [7, 11) is 0. The molecule has 0 saturated carbocycles. The lowest BCUT2D eigenvalue weighted by Crippen LogP contribution is -2.06. The fourth-order valence-corrected chi connectivity index (χ4v) is 3.64. The van der Waals surface area contributed by atoms with Crippen LogP contribution in [-0.4, -0.2) is 10.1 Å². The van der Waals surface area contributed by atoms with Crippen LogP contribution in [0.15, 0.2) is 65.2 Å². The summed E-state index contributed by atoms with van der Waals surface area (Å²) in [6.45, 7) is 4.30. The van der Waals surface area contributed by atoms with Crippen LogP contribution in [0.4, 0.5) is 13.2 Å². The molecule has 4 rings (SSSR count). The molecule has 0 bridgehead atoms. The lowest BCUT2D eigenvalue weighted by molar-refractivity contribution is -0.137. The minimum absolute atomic E-state index is 0.0510. The van der Waals surface area contributed by atoms with Crippen LogP contribution in [-0.2, 0) is 12.8 Å². The molecule has 0 spiro atoms. The van der Waals surface area contributed by atoms with E-state index in [9.17, 15) is 13.2 Å². The number of benzene rings is 3. The molecular weight excluding hydrogens is 429 g/mol. The molecule has 0 radical (unpaired) electrons. The van der Waals surface area contributed by atoms with Crippen molar-refractivity contribution in [1.82, 2.24) is 10.1 Å². The first-order chi connectivity index (χ1) is 15.8. The van der Waals surface area contributed by atoms with Gasteiger partial charge in [-0.3, -0.25) is 0 Å². The largest absolute Gasteiger partial charge is 0.489 e. The number of hydrogen-bond donors (Lipinski definition) is 0. The number of halogens is 3. The van der Waals surface area contributed by atoms with Gasteiger partial charge in [0.1, 0.15) is 12.4 Å². The lowest BCUT2D eigenvalue weighted by atomic mass is 10.0. The number of aromatic nitrogens is 2. The Bertz CT molecular complexity index is 1230. The molecule has 1 heterocycles. The third-order valence-corrected chi connectivity index (χ3v) is 5.58. The van der Waals surface area contributed by atoms with E-state index in [2.05, 4.69) is 24.0 Å². The van der Waals surface area contributed by atoms with Crippen molar-refractivity contribution >= 4 is 10.8 Å². The summed E-state index contributed by atoms with van der Waals surface area (Å²) < 4.78 is 49.9. The molecule has 1 atom stereocenters. The molecule has 7 heteroatoms. The maximum atomic E-state index is 12.9. The highest BCUT2D eigenvalue weighted by molar-refractivity contribution is 5.87. The number of alkyl halides is 3.